The van der Waals surface area contributed by atoms with Crippen molar-refractivity contribution in [3.8, 4) is 22.9 Å². The molecule has 0 aliphatic rings. The van der Waals surface area contributed by atoms with Crippen LogP contribution in [0.2, 0.25) is 0 Å². The summed E-state index contributed by atoms with van der Waals surface area (Å²) in [4.78, 5) is 16.2. The standard InChI is InChI=1S/C14H11N5O/c15-12-3-1-2-4-13(12)20-14-18-7-11(8-19-14)10-5-16-9-17-6-10/h1-9H,15H2. The average molecular weight is 265 g/mol. The lowest BCUT2D eigenvalue weighted by Crippen LogP contribution is -1.95. The summed E-state index contributed by atoms with van der Waals surface area (Å²) in [5.41, 5.74) is 7.99. The minimum Gasteiger partial charge on any atom is -0.422 e. The maximum Gasteiger partial charge on any atom is 0.321 e. The third-order valence-corrected chi connectivity index (χ3v) is 2.64. The summed E-state index contributed by atoms with van der Waals surface area (Å²) >= 11 is 0. The zero-order valence-corrected chi connectivity index (χ0v) is 10.5. The van der Waals surface area contributed by atoms with Gasteiger partial charge in [-0.05, 0) is 12.1 Å². The Bertz CT molecular complexity index is 700. The normalized spacial score (nSPS) is 10.2. The van der Waals surface area contributed by atoms with Crippen molar-refractivity contribution in [1.82, 2.24) is 19.9 Å². The van der Waals surface area contributed by atoms with Gasteiger partial charge < -0.3 is 10.5 Å². The first-order valence-corrected chi connectivity index (χ1v) is 5.93. The molecule has 1 aromatic carbocycles. The van der Waals surface area contributed by atoms with Gasteiger partial charge in [-0.1, -0.05) is 12.1 Å². The van der Waals surface area contributed by atoms with Crippen LogP contribution in [0.3, 0.4) is 0 Å². The second-order valence-corrected chi connectivity index (χ2v) is 4.02. The maximum absolute atomic E-state index is 5.79. The molecule has 0 saturated carbocycles. The Kier molecular flexibility index (Phi) is 3.20. The first-order chi connectivity index (χ1) is 9.83. The zero-order valence-electron chi connectivity index (χ0n) is 10.5. The van der Waals surface area contributed by atoms with Crippen LogP contribution in [0.1, 0.15) is 0 Å². The highest BCUT2D eigenvalue weighted by atomic mass is 16.5. The van der Waals surface area contributed by atoms with E-state index in [0.717, 1.165) is 11.1 Å². The van der Waals surface area contributed by atoms with Gasteiger partial charge in [0.05, 0.1) is 5.69 Å². The van der Waals surface area contributed by atoms with Gasteiger partial charge in [-0.25, -0.2) is 19.9 Å². The van der Waals surface area contributed by atoms with Gasteiger partial charge in [-0.15, -0.1) is 0 Å². The summed E-state index contributed by atoms with van der Waals surface area (Å²) < 4.78 is 5.52. The van der Waals surface area contributed by atoms with Crippen LogP contribution in [-0.2, 0) is 0 Å². The van der Waals surface area contributed by atoms with Gasteiger partial charge in [0.1, 0.15) is 6.33 Å². The fraction of sp³-hybridized carbons (Fsp3) is 0. The van der Waals surface area contributed by atoms with Gasteiger partial charge in [-0.2, -0.15) is 0 Å². The molecule has 0 atom stereocenters. The van der Waals surface area contributed by atoms with Crippen LogP contribution in [0.4, 0.5) is 5.69 Å². The molecule has 0 aliphatic heterocycles. The van der Waals surface area contributed by atoms with Crippen molar-refractivity contribution in [2.45, 2.75) is 0 Å². The smallest absolute Gasteiger partial charge is 0.321 e. The minimum atomic E-state index is 0.239. The van der Waals surface area contributed by atoms with E-state index in [2.05, 4.69) is 19.9 Å². The lowest BCUT2D eigenvalue weighted by Gasteiger charge is -2.06. The van der Waals surface area contributed by atoms with Crippen LogP contribution in [-0.4, -0.2) is 19.9 Å². The van der Waals surface area contributed by atoms with E-state index >= 15 is 0 Å². The van der Waals surface area contributed by atoms with Crippen LogP contribution < -0.4 is 10.5 Å². The number of anilines is 1. The highest BCUT2D eigenvalue weighted by molar-refractivity contribution is 5.59. The second kappa shape index (κ2) is 5.31. The summed E-state index contributed by atoms with van der Waals surface area (Å²) in [6, 6.07) is 7.43. The molecule has 0 unspecified atom stereocenters. The number of nitrogens with two attached hydrogens (primary N) is 1. The third-order valence-electron chi connectivity index (χ3n) is 2.64. The van der Waals surface area contributed by atoms with Crippen molar-refractivity contribution in [3.63, 3.8) is 0 Å². The largest absolute Gasteiger partial charge is 0.422 e. The molecule has 0 saturated heterocycles. The maximum atomic E-state index is 5.79. The molecule has 6 heteroatoms. The quantitative estimate of drug-likeness (QED) is 0.731. The average Bonchev–Trinajstić information content (AvgIpc) is 2.51. The summed E-state index contributed by atoms with van der Waals surface area (Å²) in [6.45, 7) is 0. The highest BCUT2D eigenvalue weighted by Crippen LogP contribution is 2.25. The van der Waals surface area contributed by atoms with Crippen LogP contribution in [0, 0.1) is 0 Å². The predicted octanol–water partition coefficient (Wildman–Crippen LogP) is 2.31. The number of aromatic nitrogens is 4. The van der Waals surface area contributed by atoms with Crippen LogP contribution in [0.5, 0.6) is 11.8 Å². The molecule has 3 rings (SSSR count). The van der Waals surface area contributed by atoms with Crippen LogP contribution >= 0.6 is 0 Å². The predicted molar refractivity (Wildman–Crippen MR) is 74.0 cm³/mol. The molecule has 20 heavy (non-hydrogen) atoms. The lowest BCUT2D eigenvalue weighted by atomic mass is 10.2. The van der Waals surface area contributed by atoms with Gasteiger partial charge in [0, 0.05) is 35.9 Å². The molecule has 0 spiro atoms. The first kappa shape index (κ1) is 12.0. The molecule has 0 radical (unpaired) electrons. The Morgan fingerprint density at radius 3 is 2.20 bits per heavy atom. The molecule has 98 valence electrons. The molecule has 0 amide bonds. The van der Waals surface area contributed by atoms with Crippen molar-refractivity contribution in [1.29, 1.82) is 0 Å². The van der Waals surface area contributed by atoms with Crippen molar-refractivity contribution in [2.24, 2.45) is 0 Å². The molecule has 2 aromatic heterocycles. The topological polar surface area (TPSA) is 86.8 Å². The molecular weight excluding hydrogens is 254 g/mol. The summed E-state index contributed by atoms with van der Waals surface area (Å²) in [6.07, 6.45) is 8.17. The molecule has 2 heterocycles. The van der Waals surface area contributed by atoms with Crippen LogP contribution in [0.25, 0.3) is 11.1 Å². The van der Waals surface area contributed by atoms with E-state index < -0.39 is 0 Å². The molecule has 0 aliphatic carbocycles. The summed E-state index contributed by atoms with van der Waals surface area (Å²) in [7, 11) is 0. The first-order valence-electron chi connectivity index (χ1n) is 5.93. The molecule has 3 aromatic rings. The van der Waals surface area contributed by atoms with Crippen molar-refractivity contribution in [2.75, 3.05) is 5.73 Å². The number of hydrogen-bond acceptors (Lipinski definition) is 6. The zero-order chi connectivity index (χ0) is 13.8. The Morgan fingerprint density at radius 1 is 0.850 bits per heavy atom. The second-order valence-electron chi connectivity index (χ2n) is 4.02. The number of rotatable bonds is 3. The Hall–Kier alpha value is -3.02. The van der Waals surface area contributed by atoms with E-state index in [1.165, 1.54) is 6.33 Å². The SMILES string of the molecule is Nc1ccccc1Oc1ncc(-c2cncnc2)cn1. The number of nitrogens with zero attached hydrogens (tertiary/aromatic N) is 4. The number of nitrogen functional groups attached to an aromatic ring is 1. The van der Waals surface area contributed by atoms with E-state index in [4.69, 9.17) is 10.5 Å². The number of para-hydroxylation sites is 2. The fourth-order valence-corrected chi connectivity index (χ4v) is 1.64. The summed E-state index contributed by atoms with van der Waals surface area (Å²) in [5.74, 6) is 0.531. The van der Waals surface area contributed by atoms with Gasteiger partial charge in [0.25, 0.3) is 0 Å². The Morgan fingerprint density at radius 2 is 1.50 bits per heavy atom. The van der Waals surface area contributed by atoms with Crippen LogP contribution in [0.15, 0.2) is 55.4 Å². The Labute approximate surface area is 115 Å². The van der Waals surface area contributed by atoms with Crippen molar-refractivity contribution < 1.29 is 4.74 Å². The molecule has 0 bridgehead atoms. The van der Waals surface area contributed by atoms with Gasteiger partial charge in [-0.3, -0.25) is 0 Å². The van der Waals surface area contributed by atoms with E-state index in [-0.39, 0.29) is 6.01 Å². The minimum absolute atomic E-state index is 0.239. The van der Waals surface area contributed by atoms with E-state index in [1.54, 1.807) is 36.9 Å². The number of ether oxygens (including phenoxy) is 1. The van der Waals surface area contributed by atoms with Gasteiger partial charge >= 0.3 is 6.01 Å². The molecule has 6 nitrogen and oxygen atoms in total. The van der Waals surface area contributed by atoms with E-state index in [1.807, 2.05) is 12.1 Å². The van der Waals surface area contributed by atoms with Gasteiger partial charge in [0.2, 0.25) is 0 Å². The van der Waals surface area contributed by atoms with Crippen molar-refractivity contribution in [3.05, 3.63) is 55.4 Å². The molecule has 2 N–H and O–H groups in total. The summed E-state index contributed by atoms with van der Waals surface area (Å²) in [5, 5.41) is 0. The number of hydrogen-bond donors (Lipinski definition) is 1. The van der Waals surface area contributed by atoms with E-state index in [9.17, 15) is 0 Å². The van der Waals surface area contributed by atoms with E-state index in [0.29, 0.717) is 11.4 Å². The fourth-order valence-electron chi connectivity index (χ4n) is 1.64. The van der Waals surface area contributed by atoms with Gasteiger partial charge in [0.15, 0.2) is 5.75 Å². The monoisotopic (exact) mass is 265 g/mol. The highest BCUT2D eigenvalue weighted by Gasteiger charge is 2.05. The molecule has 0 fully saturated rings. The van der Waals surface area contributed by atoms with Crippen molar-refractivity contribution >= 4 is 5.69 Å². The number of benzene rings is 1. The molecular formula is C14H11N5O. The third kappa shape index (κ3) is 2.54. The Balaban J connectivity index is 1.82. The lowest BCUT2D eigenvalue weighted by molar-refractivity contribution is 0.444.